The van der Waals surface area contributed by atoms with Gasteiger partial charge in [-0.3, -0.25) is 14.3 Å². The maximum atomic E-state index is 12.8. The molecule has 0 fully saturated rings. The van der Waals surface area contributed by atoms with Crippen molar-refractivity contribution in [2.45, 2.75) is 26.2 Å². The molecule has 0 aliphatic heterocycles. The van der Waals surface area contributed by atoms with Crippen LogP contribution in [0.4, 0.5) is 0 Å². The van der Waals surface area contributed by atoms with E-state index in [4.69, 9.17) is 4.98 Å². The monoisotopic (exact) mass is 279 g/mol. The smallest absolute Gasteiger partial charge is 0.265 e. The lowest BCUT2D eigenvalue weighted by Crippen LogP contribution is -2.24. The van der Waals surface area contributed by atoms with E-state index >= 15 is 0 Å². The summed E-state index contributed by atoms with van der Waals surface area (Å²) in [6.45, 7) is 2.13. The normalized spacial score (nSPS) is 10.9. The number of rotatable bonds is 4. The van der Waals surface area contributed by atoms with Crippen LogP contribution >= 0.6 is 0 Å². The van der Waals surface area contributed by atoms with Crippen LogP contribution in [0.15, 0.2) is 53.6 Å². The fraction of sp³-hybridized carbons (Fsp3) is 0.235. The Balaban J connectivity index is 2.29. The Kier molecular flexibility index (Phi) is 3.77. The molecule has 0 N–H and O–H groups in total. The molecule has 1 aromatic carbocycles. The average Bonchev–Trinajstić information content (AvgIpc) is 2.54. The number of unbranched alkanes of at least 4 members (excludes halogenated alkanes) is 1. The van der Waals surface area contributed by atoms with Crippen LogP contribution in [0.5, 0.6) is 0 Å². The molecule has 0 unspecified atom stereocenters. The number of hydrogen-bond acceptors (Lipinski definition) is 3. The predicted octanol–water partition coefficient (Wildman–Crippen LogP) is 3.12. The summed E-state index contributed by atoms with van der Waals surface area (Å²) in [5, 5.41) is 0.648. The van der Waals surface area contributed by atoms with Crippen molar-refractivity contribution in [2.24, 2.45) is 0 Å². The Labute approximate surface area is 123 Å². The number of para-hydroxylation sites is 1. The summed E-state index contributed by atoms with van der Waals surface area (Å²) in [6.07, 6.45) is 6.26. The molecule has 3 aromatic rings. The fourth-order valence-electron chi connectivity index (χ4n) is 2.44. The van der Waals surface area contributed by atoms with Crippen molar-refractivity contribution in [2.75, 3.05) is 0 Å². The van der Waals surface area contributed by atoms with Gasteiger partial charge in [-0.1, -0.05) is 25.5 Å². The molecule has 4 nitrogen and oxygen atoms in total. The quantitative estimate of drug-likeness (QED) is 0.737. The first kappa shape index (κ1) is 13.5. The highest BCUT2D eigenvalue weighted by Gasteiger charge is 2.11. The second kappa shape index (κ2) is 5.87. The first-order valence-corrected chi connectivity index (χ1v) is 7.22. The highest BCUT2D eigenvalue weighted by Crippen LogP contribution is 2.14. The van der Waals surface area contributed by atoms with Crippen LogP contribution < -0.4 is 5.56 Å². The third-order valence-electron chi connectivity index (χ3n) is 3.52. The van der Waals surface area contributed by atoms with Crippen molar-refractivity contribution in [3.63, 3.8) is 0 Å². The Bertz CT molecular complexity index is 809. The topological polar surface area (TPSA) is 47.8 Å². The molecule has 0 radical (unpaired) electrons. The van der Waals surface area contributed by atoms with Gasteiger partial charge in [0.25, 0.3) is 5.56 Å². The van der Waals surface area contributed by atoms with Gasteiger partial charge in [-0.25, -0.2) is 4.98 Å². The highest BCUT2D eigenvalue weighted by atomic mass is 16.1. The minimum atomic E-state index is -0.0158. The van der Waals surface area contributed by atoms with Crippen molar-refractivity contribution in [1.29, 1.82) is 0 Å². The van der Waals surface area contributed by atoms with E-state index in [1.165, 1.54) is 0 Å². The second-order valence-corrected chi connectivity index (χ2v) is 4.99. The SMILES string of the molecule is CCCCc1nc2ccccc2c(=O)n1-c1ccncc1. The van der Waals surface area contributed by atoms with Gasteiger partial charge in [0.2, 0.25) is 0 Å². The summed E-state index contributed by atoms with van der Waals surface area (Å²) in [6, 6.07) is 11.2. The summed E-state index contributed by atoms with van der Waals surface area (Å²) in [4.78, 5) is 21.5. The molecule has 0 aliphatic rings. The zero-order valence-electron chi connectivity index (χ0n) is 12.0. The molecule has 0 amide bonds. The van der Waals surface area contributed by atoms with Gasteiger partial charge in [0.15, 0.2) is 0 Å². The van der Waals surface area contributed by atoms with Crippen LogP contribution in [0, 0.1) is 0 Å². The molecular weight excluding hydrogens is 262 g/mol. The summed E-state index contributed by atoms with van der Waals surface area (Å²) >= 11 is 0. The molecule has 0 bridgehead atoms. The van der Waals surface area contributed by atoms with E-state index in [1.54, 1.807) is 17.0 Å². The number of fused-ring (bicyclic) bond motifs is 1. The van der Waals surface area contributed by atoms with Gasteiger partial charge in [-0.05, 0) is 30.7 Å². The third kappa shape index (κ3) is 2.57. The van der Waals surface area contributed by atoms with E-state index in [0.717, 1.165) is 36.3 Å². The molecule has 21 heavy (non-hydrogen) atoms. The molecule has 3 rings (SSSR count). The largest absolute Gasteiger partial charge is 0.268 e. The number of aromatic nitrogens is 3. The van der Waals surface area contributed by atoms with Gasteiger partial charge in [0.05, 0.1) is 16.6 Å². The van der Waals surface area contributed by atoms with E-state index in [0.29, 0.717) is 5.39 Å². The van der Waals surface area contributed by atoms with Gasteiger partial charge in [-0.2, -0.15) is 0 Å². The van der Waals surface area contributed by atoms with E-state index in [2.05, 4.69) is 11.9 Å². The molecular formula is C17H17N3O. The van der Waals surface area contributed by atoms with Crippen LogP contribution in [0.2, 0.25) is 0 Å². The number of nitrogens with zero attached hydrogens (tertiary/aromatic N) is 3. The van der Waals surface area contributed by atoms with Crippen molar-refractivity contribution in [3.05, 3.63) is 65.0 Å². The van der Waals surface area contributed by atoms with E-state index in [9.17, 15) is 4.79 Å². The zero-order valence-corrected chi connectivity index (χ0v) is 12.0. The Morgan fingerprint density at radius 1 is 1.10 bits per heavy atom. The number of pyridine rings is 1. The minimum absolute atomic E-state index is 0.0158. The van der Waals surface area contributed by atoms with Gasteiger partial charge in [-0.15, -0.1) is 0 Å². The van der Waals surface area contributed by atoms with E-state index < -0.39 is 0 Å². The van der Waals surface area contributed by atoms with Gasteiger partial charge in [0, 0.05) is 18.8 Å². The van der Waals surface area contributed by atoms with Crippen LogP contribution in [-0.4, -0.2) is 14.5 Å². The molecule has 4 heteroatoms. The van der Waals surface area contributed by atoms with E-state index in [1.807, 2.05) is 36.4 Å². The molecule has 0 saturated heterocycles. The summed E-state index contributed by atoms with van der Waals surface area (Å²) in [5.74, 6) is 0.812. The van der Waals surface area contributed by atoms with Crippen molar-refractivity contribution in [3.8, 4) is 5.69 Å². The summed E-state index contributed by atoms with van der Waals surface area (Å²) < 4.78 is 1.71. The fourth-order valence-corrected chi connectivity index (χ4v) is 2.44. The van der Waals surface area contributed by atoms with Crippen LogP contribution in [0.1, 0.15) is 25.6 Å². The van der Waals surface area contributed by atoms with Gasteiger partial charge in [0.1, 0.15) is 5.82 Å². The zero-order chi connectivity index (χ0) is 14.7. The molecule has 2 aromatic heterocycles. The molecule has 106 valence electrons. The third-order valence-corrected chi connectivity index (χ3v) is 3.52. The average molecular weight is 279 g/mol. The number of aryl methyl sites for hydroxylation is 1. The number of hydrogen-bond donors (Lipinski definition) is 0. The standard InChI is InChI=1S/C17H17N3O/c1-2-3-8-16-19-15-7-5-4-6-14(15)17(21)20(16)13-9-11-18-12-10-13/h4-7,9-12H,2-3,8H2,1H3. The van der Waals surface area contributed by atoms with Gasteiger partial charge >= 0.3 is 0 Å². The highest BCUT2D eigenvalue weighted by molar-refractivity contribution is 5.77. The van der Waals surface area contributed by atoms with Crippen molar-refractivity contribution < 1.29 is 0 Å². The Hall–Kier alpha value is -2.49. The van der Waals surface area contributed by atoms with Crippen LogP contribution in [-0.2, 0) is 6.42 Å². The number of benzene rings is 1. The molecule has 0 atom stereocenters. The maximum absolute atomic E-state index is 12.8. The lowest BCUT2D eigenvalue weighted by atomic mass is 10.2. The molecule has 2 heterocycles. The molecule has 0 aliphatic carbocycles. The first-order chi connectivity index (χ1) is 10.3. The second-order valence-electron chi connectivity index (χ2n) is 4.99. The summed E-state index contributed by atoms with van der Waals surface area (Å²) in [7, 11) is 0. The van der Waals surface area contributed by atoms with Crippen molar-refractivity contribution in [1.82, 2.24) is 14.5 Å². The first-order valence-electron chi connectivity index (χ1n) is 7.22. The minimum Gasteiger partial charge on any atom is -0.268 e. The Morgan fingerprint density at radius 2 is 1.86 bits per heavy atom. The lowest BCUT2D eigenvalue weighted by Gasteiger charge is -2.13. The molecule has 0 saturated carbocycles. The van der Waals surface area contributed by atoms with Gasteiger partial charge < -0.3 is 0 Å². The lowest BCUT2D eigenvalue weighted by molar-refractivity contribution is 0.720. The summed E-state index contributed by atoms with van der Waals surface area (Å²) in [5.41, 5.74) is 1.57. The van der Waals surface area contributed by atoms with Crippen molar-refractivity contribution >= 4 is 10.9 Å². The van der Waals surface area contributed by atoms with Crippen LogP contribution in [0.25, 0.3) is 16.6 Å². The van der Waals surface area contributed by atoms with Crippen LogP contribution in [0.3, 0.4) is 0 Å². The maximum Gasteiger partial charge on any atom is 0.265 e. The molecule has 0 spiro atoms. The Morgan fingerprint density at radius 3 is 2.62 bits per heavy atom. The van der Waals surface area contributed by atoms with E-state index in [-0.39, 0.29) is 5.56 Å². The predicted molar refractivity (Wildman–Crippen MR) is 83.7 cm³/mol.